The Morgan fingerprint density at radius 2 is 0.758 bits per heavy atom. The number of aliphatic hydroxyl groups is 2. The lowest BCUT2D eigenvalue weighted by molar-refractivity contribution is -0.143. The molecule has 0 aromatic carbocycles. The van der Waals surface area contributed by atoms with Crippen molar-refractivity contribution < 1.29 is 24.5 Å². The molecule has 0 aromatic heterocycles. The Morgan fingerprint density at radius 3 is 1.15 bits per heavy atom. The SMILES string of the molecule is CCCCCCCCCCCCC/C=C/C(O)C(CO)NC(=O)CCCCCCCCC/C=C\CCCCCCCCCCOC(=O)CCCCCCCCCCCCCCC. The standard InChI is InChI=1S/C56H107NO5/c1-3-5-7-9-11-13-15-24-28-32-36-40-44-48-54(59)53(52-58)57-55(60)49-45-41-37-33-29-26-22-20-18-17-19-21-23-27-31-35-39-43-47-51-62-56(61)50-46-42-38-34-30-25-16-14-12-10-8-6-4-2/h17-18,44,48,53-54,58-59H,3-16,19-43,45-47,49-52H2,1-2H3,(H,57,60)/b18-17-,48-44+. The fourth-order valence-electron chi connectivity index (χ4n) is 8.45. The van der Waals surface area contributed by atoms with E-state index in [4.69, 9.17) is 4.74 Å². The minimum atomic E-state index is -0.849. The highest BCUT2D eigenvalue weighted by Gasteiger charge is 2.18. The van der Waals surface area contributed by atoms with Crippen LogP contribution >= 0.6 is 0 Å². The summed E-state index contributed by atoms with van der Waals surface area (Å²) >= 11 is 0. The number of unbranched alkanes of at least 4 members (excludes halogenated alkanes) is 38. The molecular weight excluding hydrogens is 767 g/mol. The maximum Gasteiger partial charge on any atom is 0.305 e. The van der Waals surface area contributed by atoms with Crippen molar-refractivity contribution in [1.82, 2.24) is 5.32 Å². The Hall–Kier alpha value is -1.66. The van der Waals surface area contributed by atoms with E-state index in [1.54, 1.807) is 6.08 Å². The van der Waals surface area contributed by atoms with Crippen LogP contribution in [0.15, 0.2) is 24.3 Å². The molecule has 0 saturated carbocycles. The number of carbonyl (C=O) groups excluding carboxylic acids is 2. The fraction of sp³-hybridized carbons (Fsp3) is 0.893. The van der Waals surface area contributed by atoms with E-state index in [1.807, 2.05) is 6.08 Å². The van der Waals surface area contributed by atoms with E-state index in [2.05, 4.69) is 31.3 Å². The molecule has 0 bridgehead atoms. The van der Waals surface area contributed by atoms with E-state index in [0.717, 1.165) is 51.4 Å². The van der Waals surface area contributed by atoms with Gasteiger partial charge in [0.25, 0.3) is 0 Å². The zero-order chi connectivity index (χ0) is 45.1. The summed E-state index contributed by atoms with van der Waals surface area (Å²) in [5.74, 6) is -0.0730. The molecule has 2 atom stereocenters. The molecule has 0 aliphatic carbocycles. The average Bonchev–Trinajstić information content (AvgIpc) is 3.27. The van der Waals surface area contributed by atoms with Crippen LogP contribution in [0.5, 0.6) is 0 Å². The molecule has 0 radical (unpaired) electrons. The molecule has 0 fully saturated rings. The van der Waals surface area contributed by atoms with Gasteiger partial charge >= 0.3 is 5.97 Å². The van der Waals surface area contributed by atoms with Crippen LogP contribution in [0, 0.1) is 0 Å². The Kier molecular flexibility index (Phi) is 50.6. The first-order valence-electron chi connectivity index (χ1n) is 27.6. The van der Waals surface area contributed by atoms with Crippen LogP contribution in [0.2, 0.25) is 0 Å². The van der Waals surface area contributed by atoms with Crippen molar-refractivity contribution in [3.05, 3.63) is 24.3 Å². The molecule has 62 heavy (non-hydrogen) atoms. The lowest BCUT2D eigenvalue weighted by Gasteiger charge is -2.20. The summed E-state index contributed by atoms with van der Waals surface area (Å²) in [5, 5.41) is 23.0. The van der Waals surface area contributed by atoms with E-state index in [0.29, 0.717) is 19.4 Å². The van der Waals surface area contributed by atoms with E-state index in [-0.39, 0.29) is 18.5 Å². The summed E-state index contributed by atoms with van der Waals surface area (Å²) in [6, 6.07) is -0.633. The summed E-state index contributed by atoms with van der Waals surface area (Å²) in [4.78, 5) is 24.4. The summed E-state index contributed by atoms with van der Waals surface area (Å²) in [5.41, 5.74) is 0. The number of allylic oxidation sites excluding steroid dienone is 3. The van der Waals surface area contributed by atoms with Gasteiger partial charge in [-0.25, -0.2) is 0 Å². The zero-order valence-electron chi connectivity index (χ0n) is 41.6. The molecule has 0 saturated heterocycles. The van der Waals surface area contributed by atoms with Gasteiger partial charge in [0.2, 0.25) is 5.91 Å². The highest BCUT2D eigenvalue weighted by molar-refractivity contribution is 5.76. The number of esters is 1. The number of carbonyl (C=O) groups is 2. The topological polar surface area (TPSA) is 95.9 Å². The molecule has 366 valence electrons. The highest BCUT2D eigenvalue weighted by atomic mass is 16.5. The number of amides is 1. The average molecular weight is 874 g/mol. The Bertz CT molecular complexity index is 966. The van der Waals surface area contributed by atoms with Crippen LogP contribution in [0.25, 0.3) is 0 Å². The van der Waals surface area contributed by atoms with Gasteiger partial charge in [-0.15, -0.1) is 0 Å². The van der Waals surface area contributed by atoms with Crippen LogP contribution in [0.3, 0.4) is 0 Å². The van der Waals surface area contributed by atoms with Crippen molar-refractivity contribution >= 4 is 11.9 Å². The van der Waals surface area contributed by atoms with E-state index in [9.17, 15) is 19.8 Å². The maximum absolute atomic E-state index is 12.4. The molecule has 0 aliphatic rings. The Morgan fingerprint density at radius 1 is 0.435 bits per heavy atom. The summed E-state index contributed by atoms with van der Waals surface area (Å²) < 4.78 is 5.47. The van der Waals surface area contributed by atoms with Crippen molar-refractivity contribution in [3.8, 4) is 0 Å². The number of ether oxygens (including phenoxy) is 1. The third kappa shape index (κ3) is 47.8. The predicted octanol–water partition coefficient (Wildman–Crippen LogP) is 16.7. The monoisotopic (exact) mass is 874 g/mol. The minimum Gasteiger partial charge on any atom is -0.466 e. The Labute approximate surface area is 386 Å². The van der Waals surface area contributed by atoms with Crippen LogP contribution < -0.4 is 5.32 Å². The predicted molar refractivity (Wildman–Crippen MR) is 269 cm³/mol. The molecule has 2 unspecified atom stereocenters. The van der Waals surface area contributed by atoms with Gasteiger partial charge in [0.15, 0.2) is 0 Å². The van der Waals surface area contributed by atoms with Crippen molar-refractivity contribution in [2.75, 3.05) is 13.2 Å². The quantitative estimate of drug-likeness (QED) is 0.0321. The first kappa shape index (κ1) is 60.3. The highest BCUT2D eigenvalue weighted by Crippen LogP contribution is 2.16. The van der Waals surface area contributed by atoms with Crippen LogP contribution in [-0.4, -0.2) is 47.4 Å². The van der Waals surface area contributed by atoms with E-state index < -0.39 is 12.1 Å². The summed E-state index contributed by atoms with van der Waals surface area (Å²) in [6.45, 7) is 4.89. The van der Waals surface area contributed by atoms with Gasteiger partial charge < -0.3 is 20.3 Å². The van der Waals surface area contributed by atoms with Gasteiger partial charge in [0.1, 0.15) is 0 Å². The van der Waals surface area contributed by atoms with Gasteiger partial charge in [0.05, 0.1) is 25.4 Å². The van der Waals surface area contributed by atoms with Gasteiger partial charge in [-0.1, -0.05) is 250 Å². The molecule has 6 nitrogen and oxygen atoms in total. The van der Waals surface area contributed by atoms with Gasteiger partial charge in [-0.05, 0) is 57.8 Å². The number of hydrogen-bond acceptors (Lipinski definition) is 5. The third-order valence-electron chi connectivity index (χ3n) is 12.7. The Balaban J connectivity index is 3.46. The fourth-order valence-corrected chi connectivity index (χ4v) is 8.45. The smallest absolute Gasteiger partial charge is 0.305 e. The van der Waals surface area contributed by atoms with Crippen molar-refractivity contribution in [1.29, 1.82) is 0 Å². The molecule has 0 aromatic rings. The van der Waals surface area contributed by atoms with Crippen LogP contribution in [-0.2, 0) is 14.3 Å². The lowest BCUT2D eigenvalue weighted by Crippen LogP contribution is -2.45. The minimum absolute atomic E-state index is 0.00454. The number of nitrogens with one attached hydrogen (secondary N) is 1. The van der Waals surface area contributed by atoms with Crippen molar-refractivity contribution in [3.63, 3.8) is 0 Å². The van der Waals surface area contributed by atoms with E-state index >= 15 is 0 Å². The molecule has 3 N–H and O–H groups in total. The molecule has 0 rings (SSSR count). The summed E-state index contributed by atoms with van der Waals surface area (Å²) in [6.07, 6.45) is 61.9. The normalized spacial score (nSPS) is 12.8. The van der Waals surface area contributed by atoms with Gasteiger partial charge in [0, 0.05) is 12.8 Å². The second-order valence-electron chi connectivity index (χ2n) is 18.9. The molecule has 1 amide bonds. The van der Waals surface area contributed by atoms with Gasteiger partial charge in [-0.2, -0.15) is 0 Å². The molecule has 0 heterocycles. The maximum atomic E-state index is 12.4. The molecule has 0 spiro atoms. The first-order chi connectivity index (χ1) is 30.5. The van der Waals surface area contributed by atoms with Crippen LogP contribution in [0.4, 0.5) is 0 Å². The van der Waals surface area contributed by atoms with Crippen LogP contribution in [0.1, 0.15) is 296 Å². The second kappa shape index (κ2) is 52.0. The molecule has 6 heteroatoms. The largest absolute Gasteiger partial charge is 0.466 e. The third-order valence-corrected chi connectivity index (χ3v) is 12.7. The lowest BCUT2D eigenvalue weighted by atomic mass is 10.0. The van der Waals surface area contributed by atoms with E-state index in [1.165, 1.54) is 218 Å². The second-order valence-corrected chi connectivity index (χ2v) is 18.9. The van der Waals surface area contributed by atoms with Gasteiger partial charge in [-0.3, -0.25) is 9.59 Å². The van der Waals surface area contributed by atoms with Crippen molar-refractivity contribution in [2.45, 2.75) is 309 Å². The molecular formula is C56H107NO5. The first-order valence-corrected chi connectivity index (χ1v) is 27.6. The number of rotatable bonds is 51. The summed E-state index contributed by atoms with van der Waals surface area (Å²) in [7, 11) is 0. The number of hydrogen-bond donors (Lipinski definition) is 3. The molecule has 0 aliphatic heterocycles. The van der Waals surface area contributed by atoms with Crippen molar-refractivity contribution in [2.24, 2.45) is 0 Å². The number of aliphatic hydroxyl groups excluding tert-OH is 2. The zero-order valence-corrected chi connectivity index (χ0v) is 41.6.